The predicted octanol–water partition coefficient (Wildman–Crippen LogP) is 2.15. The van der Waals surface area contributed by atoms with E-state index in [1.54, 1.807) is 11.0 Å². The number of benzene rings is 1. The lowest BCUT2D eigenvalue weighted by Crippen LogP contribution is -2.31. The zero-order valence-corrected chi connectivity index (χ0v) is 11.2. The van der Waals surface area contributed by atoms with E-state index in [1.165, 1.54) is 7.11 Å². The van der Waals surface area contributed by atoms with Crippen LogP contribution >= 0.6 is 0 Å². The number of carbonyl (C=O) groups excluding carboxylic acids is 2. The summed E-state index contributed by atoms with van der Waals surface area (Å²) in [6, 6.07) is 9.72. The fourth-order valence-corrected chi connectivity index (χ4v) is 1.68. The minimum atomic E-state index is -0.369. The van der Waals surface area contributed by atoms with Gasteiger partial charge in [-0.1, -0.05) is 36.4 Å². The molecule has 0 fully saturated rings. The summed E-state index contributed by atoms with van der Waals surface area (Å²) in [6.45, 7) is 4.64. The summed E-state index contributed by atoms with van der Waals surface area (Å²) < 4.78 is 4.53. The zero-order valence-electron chi connectivity index (χ0n) is 11.2. The second-order valence-electron chi connectivity index (χ2n) is 4.12. The number of amides is 1. The van der Waals surface area contributed by atoms with Gasteiger partial charge in [0.15, 0.2) is 0 Å². The van der Waals surface area contributed by atoms with Crippen molar-refractivity contribution in [2.24, 2.45) is 0 Å². The van der Waals surface area contributed by atoms with Crippen molar-refractivity contribution in [3.63, 3.8) is 0 Å². The van der Waals surface area contributed by atoms with Gasteiger partial charge in [-0.2, -0.15) is 0 Å². The normalized spacial score (nSPS) is 9.74. The van der Waals surface area contributed by atoms with Gasteiger partial charge in [0, 0.05) is 19.5 Å². The van der Waals surface area contributed by atoms with E-state index in [0.717, 1.165) is 5.56 Å². The van der Waals surface area contributed by atoms with Crippen molar-refractivity contribution in [1.29, 1.82) is 0 Å². The Bertz CT molecular complexity index is 428. The van der Waals surface area contributed by atoms with E-state index in [9.17, 15) is 9.59 Å². The minimum absolute atomic E-state index is 0.0749. The number of nitrogens with zero attached hydrogens (tertiary/aromatic N) is 1. The molecule has 0 bridgehead atoms. The Morgan fingerprint density at radius 3 is 2.53 bits per heavy atom. The molecule has 1 aromatic rings. The number of esters is 1. The number of carbonyl (C=O) groups is 2. The first-order valence-electron chi connectivity index (χ1n) is 6.16. The highest BCUT2D eigenvalue weighted by Gasteiger charge is 2.14. The highest BCUT2D eigenvalue weighted by atomic mass is 16.5. The molecule has 4 heteroatoms. The molecular formula is C15H19NO3. The third-order valence-corrected chi connectivity index (χ3v) is 2.69. The minimum Gasteiger partial charge on any atom is -0.469 e. The van der Waals surface area contributed by atoms with E-state index in [1.807, 2.05) is 30.3 Å². The van der Waals surface area contributed by atoms with Gasteiger partial charge in [0.05, 0.1) is 13.5 Å². The number of ether oxygens (including phenoxy) is 1. The molecule has 1 amide bonds. The maximum atomic E-state index is 12.0. The molecule has 0 heterocycles. The summed E-state index contributed by atoms with van der Waals surface area (Å²) in [7, 11) is 1.32. The lowest BCUT2D eigenvalue weighted by Gasteiger charge is -2.21. The molecular weight excluding hydrogens is 242 g/mol. The monoisotopic (exact) mass is 261 g/mol. The molecule has 1 aromatic carbocycles. The van der Waals surface area contributed by atoms with Gasteiger partial charge < -0.3 is 9.64 Å². The van der Waals surface area contributed by atoms with E-state index in [-0.39, 0.29) is 24.7 Å². The van der Waals surface area contributed by atoms with Gasteiger partial charge in [0.2, 0.25) is 5.91 Å². The van der Waals surface area contributed by atoms with Crippen LogP contribution in [0.1, 0.15) is 18.4 Å². The number of hydrogen-bond acceptors (Lipinski definition) is 3. The van der Waals surface area contributed by atoms with Gasteiger partial charge in [0.25, 0.3) is 0 Å². The lowest BCUT2D eigenvalue weighted by molar-refractivity contribution is -0.143. The van der Waals surface area contributed by atoms with E-state index in [2.05, 4.69) is 11.3 Å². The van der Waals surface area contributed by atoms with Gasteiger partial charge in [0.1, 0.15) is 0 Å². The van der Waals surface area contributed by atoms with Crippen LogP contribution in [-0.4, -0.2) is 30.4 Å². The van der Waals surface area contributed by atoms with Gasteiger partial charge in [-0.05, 0) is 5.56 Å². The lowest BCUT2D eigenvalue weighted by atomic mass is 10.2. The maximum absolute atomic E-state index is 12.0. The van der Waals surface area contributed by atoms with Crippen LogP contribution in [0.25, 0.3) is 0 Å². The molecule has 102 valence electrons. The summed E-state index contributed by atoms with van der Waals surface area (Å²) in [6.07, 6.45) is 1.95. The molecule has 1 rings (SSSR count). The van der Waals surface area contributed by atoms with Crippen molar-refractivity contribution in [1.82, 2.24) is 4.90 Å². The van der Waals surface area contributed by atoms with Crippen molar-refractivity contribution < 1.29 is 14.3 Å². The van der Waals surface area contributed by atoms with E-state index in [4.69, 9.17) is 0 Å². The average Bonchev–Trinajstić information content (AvgIpc) is 2.45. The van der Waals surface area contributed by atoms with Gasteiger partial charge in [-0.15, -0.1) is 6.58 Å². The van der Waals surface area contributed by atoms with E-state index in [0.29, 0.717) is 13.1 Å². The van der Waals surface area contributed by atoms with Gasteiger partial charge in [-0.3, -0.25) is 9.59 Å². The maximum Gasteiger partial charge on any atom is 0.306 e. The zero-order chi connectivity index (χ0) is 14.1. The molecule has 0 unspecified atom stereocenters. The largest absolute Gasteiger partial charge is 0.469 e. The molecule has 0 aliphatic carbocycles. The van der Waals surface area contributed by atoms with Crippen molar-refractivity contribution in [3.05, 3.63) is 48.6 Å². The van der Waals surface area contributed by atoms with Crippen LogP contribution in [0.15, 0.2) is 43.0 Å². The molecule has 0 atom stereocenters. The van der Waals surface area contributed by atoms with Gasteiger partial charge >= 0.3 is 5.97 Å². The standard InChI is InChI=1S/C15H19NO3/c1-3-11-16(12-13-7-5-4-6-8-13)14(17)9-10-15(18)19-2/h3-8H,1,9-12H2,2H3. The summed E-state index contributed by atoms with van der Waals surface area (Å²) >= 11 is 0. The Kier molecular flexibility index (Phi) is 6.36. The summed E-state index contributed by atoms with van der Waals surface area (Å²) in [5, 5.41) is 0. The molecule has 0 aromatic heterocycles. The first-order chi connectivity index (χ1) is 9.17. The molecule has 0 aliphatic rings. The fourth-order valence-electron chi connectivity index (χ4n) is 1.68. The van der Waals surface area contributed by atoms with Crippen LogP contribution in [0.5, 0.6) is 0 Å². The van der Waals surface area contributed by atoms with Crippen LogP contribution in [0, 0.1) is 0 Å². The van der Waals surface area contributed by atoms with Crippen LogP contribution < -0.4 is 0 Å². The van der Waals surface area contributed by atoms with Crippen LogP contribution in [0.4, 0.5) is 0 Å². The Hall–Kier alpha value is -2.10. The molecule has 0 spiro atoms. The molecule has 0 radical (unpaired) electrons. The van der Waals surface area contributed by atoms with Crippen molar-refractivity contribution in [3.8, 4) is 0 Å². The number of hydrogen-bond donors (Lipinski definition) is 0. The fraction of sp³-hybridized carbons (Fsp3) is 0.333. The Balaban J connectivity index is 2.58. The summed E-state index contributed by atoms with van der Waals surface area (Å²) in [4.78, 5) is 24.7. The summed E-state index contributed by atoms with van der Waals surface area (Å²) in [5.74, 6) is -0.444. The molecule has 4 nitrogen and oxygen atoms in total. The van der Waals surface area contributed by atoms with E-state index >= 15 is 0 Å². The number of methoxy groups -OCH3 is 1. The highest BCUT2D eigenvalue weighted by Crippen LogP contribution is 2.07. The van der Waals surface area contributed by atoms with Crippen LogP contribution in [0.3, 0.4) is 0 Å². The average molecular weight is 261 g/mol. The quantitative estimate of drug-likeness (QED) is 0.558. The molecule has 0 N–H and O–H groups in total. The van der Waals surface area contributed by atoms with Crippen molar-refractivity contribution in [2.75, 3.05) is 13.7 Å². The molecule has 0 saturated carbocycles. The third kappa shape index (κ3) is 5.38. The SMILES string of the molecule is C=CCN(Cc1ccccc1)C(=O)CCC(=O)OC. The second-order valence-corrected chi connectivity index (χ2v) is 4.12. The molecule has 0 aliphatic heterocycles. The van der Waals surface area contributed by atoms with Crippen LogP contribution in [-0.2, 0) is 20.9 Å². The first kappa shape index (κ1) is 15.0. The Morgan fingerprint density at radius 2 is 1.95 bits per heavy atom. The third-order valence-electron chi connectivity index (χ3n) is 2.69. The highest BCUT2D eigenvalue weighted by molar-refractivity contribution is 5.81. The van der Waals surface area contributed by atoms with Gasteiger partial charge in [-0.25, -0.2) is 0 Å². The Labute approximate surface area is 113 Å². The number of rotatable bonds is 7. The van der Waals surface area contributed by atoms with Crippen LogP contribution in [0.2, 0.25) is 0 Å². The molecule has 19 heavy (non-hydrogen) atoms. The first-order valence-corrected chi connectivity index (χ1v) is 6.16. The summed E-state index contributed by atoms with van der Waals surface area (Å²) in [5.41, 5.74) is 1.05. The van der Waals surface area contributed by atoms with Crippen molar-refractivity contribution >= 4 is 11.9 Å². The smallest absolute Gasteiger partial charge is 0.306 e. The molecule has 0 saturated heterocycles. The second kappa shape index (κ2) is 8.08. The predicted molar refractivity (Wildman–Crippen MR) is 73.3 cm³/mol. The Morgan fingerprint density at radius 1 is 1.26 bits per heavy atom. The van der Waals surface area contributed by atoms with E-state index < -0.39 is 0 Å². The topological polar surface area (TPSA) is 46.6 Å². The van der Waals surface area contributed by atoms with Crippen molar-refractivity contribution in [2.45, 2.75) is 19.4 Å².